The molecule has 1 fully saturated rings. The molecule has 0 bridgehead atoms. The normalized spacial score (nSPS) is 20.1. The first kappa shape index (κ1) is 27.8. The Balaban J connectivity index is 1.72. The zero-order valence-corrected chi connectivity index (χ0v) is 23.1. The predicted octanol–water partition coefficient (Wildman–Crippen LogP) is 5.37. The fourth-order valence-corrected chi connectivity index (χ4v) is 5.78. The quantitative estimate of drug-likeness (QED) is 0.353. The Morgan fingerprint density at radius 3 is 2.51 bits per heavy atom. The number of fused-ring (bicyclic) bond motifs is 1. The number of carbonyl (C=O) groups is 1. The van der Waals surface area contributed by atoms with Crippen molar-refractivity contribution in [3.05, 3.63) is 23.8 Å². The van der Waals surface area contributed by atoms with Gasteiger partial charge in [0.25, 0.3) is 0 Å². The molecule has 0 aromatic heterocycles. The highest BCUT2D eigenvalue weighted by Gasteiger charge is 2.38. The van der Waals surface area contributed by atoms with E-state index < -0.39 is 0 Å². The van der Waals surface area contributed by atoms with Gasteiger partial charge in [0.15, 0.2) is 11.5 Å². The van der Waals surface area contributed by atoms with Crippen molar-refractivity contribution in [3.63, 3.8) is 0 Å². The number of carbonyl (C=O) groups excluding carboxylic acids is 1. The van der Waals surface area contributed by atoms with Gasteiger partial charge in [-0.1, -0.05) is 46.6 Å². The second-order valence-electron chi connectivity index (χ2n) is 11.6. The third-order valence-electron chi connectivity index (χ3n) is 7.62. The molecule has 2 aliphatic heterocycles. The lowest BCUT2D eigenvalue weighted by molar-refractivity contribution is -0.133. The Morgan fingerprint density at radius 1 is 1.06 bits per heavy atom. The van der Waals surface area contributed by atoms with E-state index in [0.717, 1.165) is 69.8 Å². The summed E-state index contributed by atoms with van der Waals surface area (Å²) in [6, 6.07) is 6.80. The van der Waals surface area contributed by atoms with Crippen LogP contribution in [-0.2, 0) is 4.79 Å². The topological polar surface area (TPSA) is 45.2 Å². The molecule has 2 heterocycles. The minimum atomic E-state index is 0.276. The first-order chi connectivity index (χ1) is 16.7. The Bertz CT molecular complexity index is 810. The lowest BCUT2D eigenvalue weighted by Crippen LogP contribution is -2.44. The van der Waals surface area contributed by atoms with Gasteiger partial charge in [-0.2, -0.15) is 0 Å². The van der Waals surface area contributed by atoms with Crippen LogP contribution in [0.25, 0.3) is 0 Å². The lowest BCUT2D eigenvalue weighted by Gasteiger charge is -2.33. The number of likely N-dealkylation sites (tertiary alicyclic amines) is 1. The van der Waals surface area contributed by atoms with Crippen molar-refractivity contribution in [2.75, 3.05) is 53.6 Å². The molecule has 198 valence electrons. The molecule has 1 aromatic carbocycles. The average molecular weight is 488 g/mol. The van der Waals surface area contributed by atoms with Crippen LogP contribution in [0.15, 0.2) is 18.2 Å². The van der Waals surface area contributed by atoms with Crippen LogP contribution in [0.2, 0.25) is 0 Å². The third-order valence-corrected chi connectivity index (χ3v) is 7.62. The van der Waals surface area contributed by atoms with Gasteiger partial charge < -0.3 is 19.3 Å². The Labute approximate surface area is 213 Å². The predicted molar refractivity (Wildman–Crippen MR) is 143 cm³/mol. The Morgan fingerprint density at radius 2 is 1.80 bits per heavy atom. The molecule has 35 heavy (non-hydrogen) atoms. The summed E-state index contributed by atoms with van der Waals surface area (Å²) in [5, 5.41) is 0. The zero-order chi connectivity index (χ0) is 25.4. The van der Waals surface area contributed by atoms with E-state index in [4.69, 9.17) is 9.47 Å². The molecule has 0 saturated carbocycles. The summed E-state index contributed by atoms with van der Waals surface area (Å²) in [4.78, 5) is 20.4. The van der Waals surface area contributed by atoms with Crippen molar-refractivity contribution < 1.29 is 14.3 Å². The zero-order valence-electron chi connectivity index (χ0n) is 23.1. The largest absolute Gasteiger partial charge is 0.454 e. The summed E-state index contributed by atoms with van der Waals surface area (Å²) in [6.07, 6.45) is 7.84. The molecule has 0 aliphatic carbocycles. The van der Waals surface area contributed by atoms with Gasteiger partial charge in [-0.25, -0.2) is 0 Å². The SMILES string of the molecule is CCCCN(CCCN(C)C)C(=O)CN1C[C@H](c2ccc3c(c2)OCO3)C[C@@H]1CC(C)(C)CCC. The number of rotatable bonds is 14. The highest BCUT2D eigenvalue weighted by molar-refractivity contribution is 5.78. The van der Waals surface area contributed by atoms with Gasteiger partial charge >= 0.3 is 0 Å². The molecule has 2 atom stereocenters. The van der Waals surface area contributed by atoms with E-state index in [1.165, 1.54) is 18.4 Å². The second kappa shape index (κ2) is 13.0. The summed E-state index contributed by atoms with van der Waals surface area (Å²) >= 11 is 0. The van der Waals surface area contributed by atoms with Crippen LogP contribution in [0.1, 0.15) is 84.1 Å². The first-order valence-corrected chi connectivity index (χ1v) is 13.8. The Hall–Kier alpha value is -1.79. The van der Waals surface area contributed by atoms with Crippen molar-refractivity contribution in [2.24, 2.45) is 5.41 Å². The smallest absolute Gasteiger partial charge is 0.236 e. The van der Waals surface area contributed by atoms with Crippen LogP contribution < -0.4 is 9.47 Å². The number of nitrogens with zero attached hydrogens (tertiary/aromatic N) is 3. The molecule has 3 rings (SSSR count). The summed E-state index contributed by atoms with van der Waals surface area (Å²) in [5.74, 6) is 2.40. The van der Waals surface area contributed by atoms with Crippen LogP contribution in [0.5, 0.6) is 11.5 Å². The van der Waals surface area contributed by atoms with Gasteiger partial charge in [0.05, 0.1) is 6.54 Å². The number of hydrogen-bond donors (Lipinski definition) is 0. The van der Waals surface area contributed by atoms with Gasteiger partial charge in [-0.05, 0) is 81.8 Å². The maximum atomic E-state index is 13.5. The van der Waals surface area contributed by atoms with E-state index in [9.17, 15) is 4.79 Å². The lowest BCUT2D eigenvalue weighted by atomic mass is 9.80. The maximum Gasteiger partial charge on any atom is 0.236 e. The van der Waals surface area contributed by atoms with Gasteiger partial charge in [0.2, 0.25) is 12.7 Å². The van der Waals surface area contributed by atoms with E-state index in [0.29, 0.717) is 31.2 Å². The summed E-state index contributed by atoms with van der Waals surface area (Å²) in [5.41, 5.74) is 1.58. The second-order valence-corrected chi connectivity index (χ2v) is 11.6. The van der Waals surface area contributed by atoms with Crippen molar-refractivity contribution in [1.82, 2.24) is 14.7 Å². The van der Waals surface area contributed by atoms with Crippen LogP contribution >= 0.6 is 0 Å². The maximum absolute atomic E-state index is 13.5. The minimum absolute atomic E-state index is 0.276. The molecule has 1 saturated heterocycles. The summed E-state index contributed by atoms with van der Waals surface area (Å²) in [7, 11) is 4.20. The first-order valence-electron chi connectivity index (χ1n) is 13.8. The number of hydrogen-bond acceptors (Lipinski definition) is 5. The summed E-state index contributed by atoms with van der Waals surface area (Å²) in [6.45, 7) is 13.7. The van der Waals surface area contributed by atoms with E-state index in [1.807, 2.05) is 6.07 Å². The number of unbranched alkanes of at least 4 members (excludes halogenated alkanes) is 1. The standard InChI is InChI=1S/C29H49N3O3/c1-7-9-15-31(16-10-14-30(5)6)28(33)21-32-20-24(17-25(32)19-29(3,4)13-8-2)23-11-12-26-27(18-23)35-22-34-26/h11-12,18,24-25H,7-10,13-17,19-22H2,1-6H3/t24-,25-/m1/s1. The molecule has 0 radical (unpaired) electrons. The highest BCUT2D eigenvalue weighted by atomic mass is 16.7. The van der Waals surface area contributed by atoms with E-state index >= 15 is 0 Å². The van der Waals surface area contributed by atoms with Crippen LogP contribution in [0.4, 0.5) is 0 Å². The van der Waals surface area contributed by atoms with Gasteiger partial charge in [-0.15, -0.1) is 0 Å². The molecule has 1 amide bonds. The molecular formula is C29H49N3O3. The number of amides is 1. The van der Waals surface area contributed by atoms with Crippen molar-refractivity contribution in [2.45, 2.75) is 84.6 Å². The summed E-state index contributed by atoms with van der Waals surface area (Å²) < 4.78 is 11.2. The third kappa shape index (κ3) is 8.11. The molecule has 6 nitrogen and oxygen atoms in total. The Kier molecular flexibility index (Phi) is 10.3. The number of ether oxygens (including phenoxy) is 2. The molecule has 2 aliphatic rings. The molecule has 6 heteroatoms. The van der Waals surface area contributed by atoms with Crippen molar-refractivity contribution >= 4 is 5.91 Å². The fraction of sp³-hybridized carbons (Fsp3) is 0.759. The molecular weight excluding hydrogens is 438 g/mol. The van der Waals surface area contributed by atoms with Gasteiger partial charge in [-0.3, -0.25) is 9.69 Å². The van der Waals surface area contributed by atoms with Crippen LogP contribution in [0, 0.1) is 5.41 Å². The van der Waals surface area contributed by atoms with E-state index in [-0.39, 0.29) is 5.41 Å². The van der Waals surface area contributed by atoms with Gasteiger partial charge in [0, 0.05) is 25.7 Å². The molecule has 0 unspecified atom stereocenters. The van der Waals surface area contributed by atoms with Crippen molar-refractivity contribution in [3.8, 4) is 11.5 Å². The minimum Gasteiger partial charge on any atom is -0.454 e. The molecule has 0 spiro atoms. The van der Waals surface area contributed by atoms with Crippen LogP contribution in [-0.4, -0.2) is 80.3 Å². The molecule has 1 aromatic rings. The van der Waals surface area contributed by atoms with E-state index in [1.54, 1.807) is 0 Å². The fourth-order valence-electron chi connectivity index (χ4n) is 5.78. The number of benzene rings is 1. The monoisotopic (exact) mass is 487 g/mol. The molecule has 0 N–H and O–H groups in total. The van der Waals surface area contributed by atoms with Crippen molar-refractivity contribution in [1.29, 1.82) is 0 Å². The van der Waals surface area contributed by atoms with E-state index in [2.05, 4.69) is 68.6 Å². The van der Waals surface area contributed by atoms with Gasteiger partial charge in [0.1, 0.15) is 0 Å². The average Bonchev–Trinajstić information content (AvgIpc) is 3.41. The highest BCUT2D eigenvalue weighted by Crippen LogP contribution is 2.42. The van der Waals surface area contributed by atoms with Crippen LogP contribution in [0.3, 0.4) is 0 Å².